The van der Waals surface area contributed by atoms with Crippen LogP contribution in [0.3, 0.4) is 0 Å². The van der Waals surface area contributed by atoms with Gasteiger partial charge < -0.3 is 4.74 Å². The molecule has 0 amide bonds. The zero-order valence-electron chi connectivity index (χ0n) is 12.3. The van der Waals surface area contributed by atoms with Gasteiger partial charge in [-0.25, -0.2) is 0 Å². The fourth-order valence-electron chi connectivity index (χ4n) is 2.80. The summed E-state index contributed by atoms with van der Waals surface area (Å²) in [6.45, 7) is 12.4. The molecular weight excluding hydrogens is 214 g/mol. The first-order valence-electron chi connectivity index (χ1n) is 6.98. The van der Waals surface area contributed by atoms with Gasteiger partial charge in [-0.05, 0) is 26.3 Å². The summed E-state index contributed by atoms with van der Waals surface area (Å²) in [7, 11) is 2.05. The highest BCUT2D eigenvalue weighted by molar-refractivity contribution is 5.82. The largest absolute Gasteiger partial charge is 0.381 e. The lowest BCUT2D eigenvalue weighted by Gasteiger charge is -2.27. The first-order chi connectivity index (χ1) is 8.20. The van der Waals surface area contributed by atoms with Crippen LogP contribution >= 0.6 is 0 Å². The molecule has 2 heterocycles. The number of fused-ring (bicyclic) bond motifs is 1. The van der Waals surface area contributed by atoms with E-state index in [1.165, 1.54) is 0 Å². The number of carbonyl (C=O) groups excluding carboxylic acids is 1. The Hall–Kier alpha value is -0.410. The van der Waals surface area contributed by atoms with Crippen molar-refractivity contribution in [3.8, 4) is 0 Å². The summed E-state index contributed by atoms with van der Waals surface area (Å²) in [5, 5.41) is 0. The van der Waals surface area contributed by atoms with E-state index < -0.39 is 0 Å². The van der Waals surface area contributed by atoms with Crippen LogP contribution in [0.1, 0.15) is 41.0 Å². The molecule has 0 aromatic heterocycles. The van der Waals surface area contributed by atoms with Gasteiger partial charge in [0.25, 0.3) is 0 Å². The molecule has 17 heavy (non-hydrogen) atoms. The molecule has 3 nitrogen and oxygen atoms in total. The van der Waals surface area contributed by atoms with Crippen molar-refractivity contribution < 1.29 is 9.53 Å². The molecule has 0 aromatic rings. The normalized spacial score (nSPS) is 31.5. The van der Waals surface area contributed by atoms with Crippen molar-refractivity contribution >= 4 is 5.78 Å². The van der Waals surface area contributed by atoms with E-state index in [9.17, 15) is 4.79 Å². The molecule has 3 heteroatoms. The van der Waals surface area contributed by atoms with Gasteiger partial charge in [0, 0.05) is 19.1 Å². The highest BCUT2D eigenvalue weighted by Gasteiger charge is 2.43. The minimum absolute atomic E-state index is 0.116. The second-order valence-electron chi connectivity index (χ2n) is 4.28. The zero-order chi connectivity index (χ0) is 13.4. The molecule has 0 bridgehead atoms. The Bertz CT molecular complexity index is 218. The van der Waals surface area contributed by atoms with Crippen molar-refractivity contribution in [2.24, 2.45) is 11.8 Å². The monoisotopic (exact) mass is 243 g/mol. The molecule has 0 spiro atoms. The van der Waals surface area contributed by atoms with Crippen molar-refractivity contribution in [1.82, 2.24) is 4.90 Å². The minimum atomic E-state index is 0.116. The molecule has 2 fully saturated rings. The first-order valence-corrected chi connectivity index (χ1v) is 6.98. The van der Waals surface area contributed by atoms with Crippen LogP contribution in [0, 0.1) is 11.8 Å². The number of ketones is 1. The lowest BCUT2D eigenvalue weighted by atomic mass is 9.86. The minimum Gasteiger partial charge on any atom is -0.381 e. The SMILES string of the molecule is CC.CC.CC(=O)C1C2COCCC2CN1C. The Balaban J connectivity index is 0.000000581. The smallest absolute Gasteiger partial charge is 0.147 e. The molecular formula is C14H29NO2. The van der Waals surface area contributed by atoms with Gasteiger partial charge >= 0.3 is 0 Å². The fourth-order valence-corrected chi connectivity index (χ4v) is 2.80. The van der Waals surface area contributed by atoms with E-state index >= 15 is 0 Å². The standard InChI is InChI=1S/C10H17NO2.2C2H6/c1-7(12)10-9-6-13-4-3-8(9)5-11(10)2;2*1-2/h8-10H,3-6H2,1-2H3;2*1-2H3. The van der Waals surface area contributed by atoms with Crippen LogP contribution in [0.15, 0.2) is 0 Å². The lowest BCUT2D eigenvalue weighted by molar-refractivity contribution is -0.123. The molecule has 2 aliphatic heterocycles. The Kier molecular flexibility index (Phi) is 8.44. The van der Waals surface area contributed by atoms with Crippen LogP contribution in [0.25, 0.3) is 0 Å². The van der Waals surface area contributed by atoms with Gasteiger partial charge in [-0.3, -0.25) is 9.69 Å². The first kappa shape index (κ1) is 16.6. The van der Waals surface area contributed by atoms with E-state index in [0.717, 1.165) is 26.2 Å². The van der Waals surface area contributed by atoms with Crippen LogP contribution in [0.5, 0.6) is 0 Å². The number of ether oxygens (including phenoxy) is 1. The van der Waals surface area contributed by atoms with Gasteiger partial charge in [-0.15, -0.1) is 0 Å². The van der Waals surface area contributed by atoms with Crippen LogP contribution in [0.4, 0.5) is 0 Å². The van der Waals surface area contributed by atoms with Crippen molar-refractivity contribution in [3.05, 3.63) is 0 Å². The van der Waals surface area contributed by atoms with E-state index in [1.54, 1.807) is 6.92 Å². The number of Topliss-reactive ketones (excluding diaryl/α,β-unsaturated/α-hetero) is 1. The Morgan fingerprint density at radius 1 is 1.24 bits per heavy atom. The molecule has 0 radical (unpaired) electrons. The molecule has 0 saturated carbocycles. The van der Waals surface area contributed by atoms with Gasteiger partial charge in [-0.1, -0.05) is 27.7 Å². The summed E-state index contributed by atoms with van der Waals surface area (Å²) in [6.07, 6.45) is 1.12. The lowest BCUT2D eigenvalue weighted by Crippen LogP contribution is -2.39. The van der Waals surface area contributed by atoms with Gasteiger partial charge in [0.05, 0.1) is 12.6 Å². The number of nitrogens with zero attached hydrogens (tertiary/aromatic N) is 1. The van der Waals surface area contributed by atoms with Gasteiger partial charge in [0.2, 0.25) is 0 Å². The number of hydrogen-bond donors (Lipinski definition) is 0. The van der Waals surface area contributed by atoms with Crippen molar-refractivity contribution in [1.29, 1.82) is 0 Å². The van der Waals surface area contributed by atoms with Gasteiger partial charge in [0.15, 0.2) is 0 Å². The van der Waals surface area contributed by atoms with Crippen molar-refractivity contribution in [2.75, 3.05) is 26.8 Å². The van der Waals surface area contributed by atoms with E-state index in [1.807, 2.05) is 34.7 Å². The number of likely N-dealkylation sites (N-methyl/N-ethyl adjacent to an activating group) is 1. The predicted octanol–water partition coefficient (Wildman–Crippen LogP) is 2.59. The fraction of sp³-hybridized carbons (Fsp3) is 0.929. The Labute approximate surface area is 107 Å². The summed E-state index contributed by atoms with van der Waals surface area (Å²) in [5.74, 6) is 1.43. The van der Waals surface area contributed by atoms with Crippen LogP contribution in [-0.2, 0) is 9.53 Å². The summed E-state index contributed by atoms with van der Waals surface area (Å²) < 4.78 is 5.43. The number of hydrogen-bond acceptors (Lipinski definition) is 3. The average Bonchev–Trinajstić information content (AvgIpc) is 2.70. The third-order valence-electron chi connectivity index (χ3n) is 3.37. The predicted molar refractivity (Wildman–Crippen MR) is 72.2 cm³/mol. The van der Waals surface area contributed by atoms with Crippen molar-refractivity contribution in [2.45, 2.75) is 47.1 Å². The van der Waals surface area contributed by atoms with Gasteiger partial charge in [-0.2, -0.15) is 0 Å². The molecule has 3 atom stereocenters. The van der Waals surface area contributed by atoms with Crippen molar-refractivity contribution in [3.63, 3.8) is 0 Å². The maximum Gasteiger partial charge on any atom is 0.147 e. The summed E-state index contributed by atoms with van der Waals surface area (Å²) >= 11 is 0. The van der Waals surface area contributed by atoms with E-state index in [0.29, 0.717) is 17.6 Å². The number of carbonyl (C=O) groups is 1. The molecule has 3 unspecified atom stereocenters. The number of rotatable bonds is 1. The zero-order valence-corrected chi connectivity index (χ0v) is 12.3. The second-order valence-corrected chi connectivity index (χ2v) is 4.28. The second kappa shape index (κ2) is 8.65. The molecule has 0 aromatic carbocycles. The topological polar surface area (TPSA) is 29.5 Å². The van der Waals surface area contributed by atoms with E-state index in [-0.39, 0.29) is 6.04 Å². The molecule has 2 aliphatic rings. The highest BCUT2D eigenvalue weighted by atomic mass is 16.5. The van der Waals surface area contributed by atoms with Crippen LogP contribution in [0.2, 0.25) is 0 Å². The third kappa shape index (κ3) is 4.07. The van der Waals surface area contributed by atoms with E-state index in [4.69, 9.17) is 4.74 Å². The van der Waals surface area contributed by atoms with Crippen LogP contribution in [-0.4, -0.2) is 43.5 Å². The average molecular weight is 243 g/mol. The summed E-state index contributed by atoms with van der Waals surface area (Å²) in [5.41, 5.74) is 0. The molecule has 0 N–H and O–H groups in total. The summed E-state index contributed by atoms with van der Waals surface area (Å²) in [6, 6.07) is 0.116. The van der Waals surface area contributed by atoms with Crippen LogP contribution < -0.4 is 0 Å². The molecule has 0 aliphatic carbocycles. The highest BCUT2D eigenvalue weighted by Crippen LogP contribution is 2.34. The third-order valence-corrected chi connectivity index (χ3v) is 3.37. The Morgan fingerprint density at radius 3 is 2.35 bits per heavy atom. The quantitative estimate of drug-likeness (QED) is 0.709. The maximum atomic E-state index is 11.4. The summed E-state index contributed by atoms with van der Waals surface area (Å²) in [4.78, 5) is 13.6. The molecule has 2 rings (SSSR count). The van der Waals surface area contributed by atoms with Gasteiger partial charge in [0.1, 0.15) is 5.78 Å². The molecule has 2 saturated heterocycles. The Morgan fingerprint density at radius 2 is 1.82 bits per heavy atom. The number of likely N-dealkylation sites (tertiary alicyclic amines) is 1. The maximum absolute atomic E-state index is 11.4. The van der Waals surface area contributed by atoms with E-state index in [2.05, 4.69) is 4.90 Å². The molecule has 102 valence electrons.